The van der Waals surface area contributed by atoms with Gasteiger partial charge in [-0.1, -0.05) is 17.3 Å². The molecule has 4 rings (SSSR count). The Morgan fingerprint density at radius 2 is 2.00 bits per heavy atom. The first-order valence-electron chi connectivity index (χ1n) is 8.43. The number of aryl methyl sites for hydroxylation is 1. The van der Waals surface area contributed by atoms with Crippen molar-refractivity contribution in [1.82, 2.24) is 15.1 Å². The van der Waals surface area contributed by atoms with Gasteiger partial charge in [-0.25, -0.2) is 18.4 Å². The van der Waals surface area contributed by atoms with Crippen molar-refractivity contribution in [3.05, 3.63) is 42.2 Å². The highest BCUT2D eigenvalue weighted by Crippen LogP contribution is 2.28. The van der Waals surface area contributed by atoms with Crippen LogP contribution in [0.4, 0.5) is 5.82 Å². The number of rotatable bonds is 4. The molecule has 1 fully saturated rings. The first kappa shape index (κ1) is 17.6. The van der Waals surface area contributed by atoms with Crippen LogP contribution in [0, 0.1) is 6.92 Å². The fourth-order valence-corrected chi connectivity index (χ4v) is 4.54. The van der Waals surface area contributed by atoms with Crippen molar-refractivity contribution in [3.63, 3.8) is 0 Å². The van der Waals surface area contributed by atoms with Crippen molar-refractivity contribution >= 4 is 15.7 Å². The van der Waals surface area contributed by atoms with E-state index in [-0.39, 0.29) is 17.3 Å². The summed E-state index contributed by atoms with van der Waals surface area (Å²) in [6, 6.07) is 8.30. The summed E-state index contributed by atoms with van der Waals surface area (Å²) in [6.07, 6.45) is 2.06. The summed E-state index contributed by atoms with van der Waals surface area (Å²) >= 11 is 0. The highest BCUT2D eigenvalue weighted by atomic mass is 32.2. The molecule has 1 unspecified atom stereocenters. The molecule has 3 aromatic rings. The molecule has 0 aliphatic carbocycles. The summed E-state index contributed by atoms with van der Waals surface area (Å²) in [7, 11) is -3.40. The van der Waals surface area contributed by atoms with Gasteiger partial charge in [-0.15, -0.1) is 0 Å². The number of sulfone groups is 1. The Bertz CT molecular complexity index is 1070. The Labute approximate surface area is 156 Å². The predicted molar refractivity (Wildman–Crippen MR) is 98.5 cm³/mol. The summed E-state index contributed by atoms with van der Waals surface area (Å²) in [5.41, 5.74) is 8.29. The highest BCUT2D eigenvalue weighted by Gasteiger charge is 2.31. The summed E-state index contributed by atoms with van der Waals surface area (Å²) in [5.74, 6) is 0.662. The Morgan fingerprint density at radius 1 is 1.22 bits per heavy atom. The molecule has 2 aromatic heterocycles. The van der Waals surface area contributed by atoms with Crippen LogP contribution in [0.25, 0.3) is 22.7 Å². The van der Waals surface area contributed by atoms with E-state index >= 15 is 0 Å². The lowest BCUT2D eigenvalue weighted by molar-refractivity contribution is 0.198. The van der Waals surface area contributed by atoms with Gasteiger partial charge in [-0.3, -0.25) is 0 Å². The van der Waals surface area contributed by atoms with Crippen LogP contribution in [0.15, 0.2) is 45.9 Å². The van der Waals surface area contributed by atoms with E-state index in [1.165, 1.54) is 6.20 Å². The van der Waals surface area contributed by atoms with Gasteiger partial charge in [-0.2, -0.15) is 0 Å². The quantitative estimate of drug-likeness (QED) is 0.724. The molecular formula is C18H18N4O4S. The molecule has 0 saturated carbocycles. The lowest BCUT2D eigenvalue weighted by atomic mass is 10.1. The van der Waals surface area contributed by atoms with Gasteiger partial charge in [0.15, 0.2) is 27.1 Å². The van der Waals surface area contributed by atoms with E-state index in [2.05, 4.69) is 15.1 Å². The molecule has 27 heavy (non-hydrogen) atoms. The van der Waals surface area contributed by atoms with Gasteiger partial charge in [0.05, 0.1) is 34.3 Å². The Hall–Kier alpha value is -2.78. The van der Waals surface area contributed by atoms with E-state index in [4.69, 9.17) is 15.0 Å². The molecule has 3 heterocycles. The second kappa shape index (κ2) is 6.75. The maximum absolute atomic E-state index is 12.6. The molecular weight excluding hydrogens is 368 g/mol. The molecule has 1 aliphatic heterocycles. The van der Waals surface area contributed by atoms with Gasteiger partial charge in [0.1, 0.15) is 0 Å². The monoisotopic (exact) mass is 386 g/mol. The van der Waals surface area contributed by atoms with Gasteiger partial charge >= 0.3 is 0 Å². The fraction of sp³-hybridized carbons (Fsp3) is 0.278. The van der Waals surface area contributed by atoms with Crippen LogP contribution in [-0.4, -0.2) is 42.0 Å². The molecule has 1 saturated heterocycles. The van der Waals surface area contributed by atoms with Gasteiger partial charge in [0, 0.05) is 18.2 Å². The molecule has 0 amide bonds. The SMILES string of the molecule is Cc1cc(-c2nc(-c3ccc(S(=O)(=O)C4CCOC4)cc3)cnc2N)on1. The number of benzene rings is 1. The molecule has 9 heteroatoms. The van der Waals surface area contributed by atoms with Crippen molar-refractivity contribution in [2.75, 3.05) is 18.9 Å². The zero-order chi connectivity index (χ0) is 19.0. The molecule has 1 atom stereocenters. The van der Waals surface area contributed by atoms with Crippen LogP contribution in [0.5, 0.6) is 0 Å². The van der Waals surface area contributed by atoms with Crippen molar-refractivity contribution in [2.45, 2.75) is 23.5 Å². The van der Waals surface area contributed by atoms with Crippen molar-refractivity contribution in [3.8, 4) is 22.7 Å². The molecule has 0 spiro atoms. The maximum Gasteiger partial charge on any atom is 0.189 e. The molecule has 140 valence electrons. The maximum atomic E-state index is 12.6. The lowest BCUT2D eigenvalue weighted by Crippen LogP contribution is -2.21. The number of hydrogen-bond donors (Lipinski definition) is 1. The lowest BCUT2D eigenvalue weighted by Gasteiger charge is -2.10. The van der Waals surface area contributed by atoms with Crippen molar-refractivity contribution in [2.24, 2.45) is 0 Å². The summed E-state index contributed by atoms with van der Waals surface area (Å²) < 4.78 is 35.7. The predicted octanol–water partition coefficient (Wildman–Crippen LogP) is 2.25. The van der Waals surface area contributed by atoms with Crippen molar-refractivity contribution < 1.29 is 17.7 Å². The Kier molecular flexibility index (Phi) is 4.40. The Morgan fingerprint density at radius 3 is 2.63 bits per heavy atom. The first-order valence-corrected chi connectivity index (χ1v) is 9.98. The van der Waals surface area contributed by atoms with Crippen LogP contribution >= 0.6 is 0 Å². The van der Waals surface area contributed by atoms with Crippen LogP contribution < -0.4 is 5.73 Å². The van der Waals surface area contributed by atoms with Gasteiger partial charge in [0.25, 0.3) is 0 Å². The standard InChI is InChI=1S/C18H18N4O4S/c1-11-8-16(26-22-11)17-18(19)20-9-15(21-17)12-2-4-13(5-3-12)27(23,24)14-6-7-25-10-14/h2-5,8-9,14H,6-7,10H2,1H3,(H2,19,20). The Balaban J connectivity index is 1.66. The van der Waals surface area contributed by atoms with Crippen LogP contribution in [0.3, 0.4) is 0 Å². The number of ether oxygens (including phenoxy) is 1. The van der Waals surface area contributed by atoms with E-state index in [9.17, 15) is 8.42 Å². The number of hydrogen-bond acceptors (Lipinski definition) is 8. The second-order valence-corrected chi connectivity index (χ2v) is 8.60. The molecule has 1 aromatic carbocycles. The number of anilines is 1. The average Bonchev–Trinajstić information content (AvgIpc) is 3.34. The van der Waals surface area contributed by atoms with E-state index in [0.717, 1.165) is 5.56 Å². The van der Waals surface area contributed by atoms with Gasteiger partial charge in [0.2, 0.25) is 0 Å². The third-order valence-electron chi connectivity index (χ3n) is 4.47. The van der Waals surface area contributed by atoms with E-state index in [0.29, 0.717) is 35.9 Å². The number of nitrogens with zero attached hydrogens (tertiary/aromatic N) is 3. The first-order chi connectivity index (χ1) is 12.9. The number of aromatic nitrogens is 3. The van der Waals surface area contributed by atoms with Gasteiger partial charge < -0.3 is 15.0 Å². The van der Waals surface area contributed by atoms with Crippen LogP contribution in [0.2, 0.25) is 0 Å². The minimum Gasteiger partial charge on any atom is -0.382 e. The molecule has 0 bridgehead atoms. The molecule has 1 aliphatic rings. The molecule has 0 radical (unpaired) electrons. The molecule has 2 N–H and O–H groups in total. The summed E-state index contributed by atoms with van der Waals surface area (Å²) in [5, 5.41) is 3.35. The smallest absolute Gasteiger partial charge is 0.189 e. The van der Waals surface area contributed by atoms with Gasteiger partial charge in [-0.05, 0) is 25.5 Å². The third-order valence-corrected chi connectivity index (χ3v) is 6.65. The zero-order valence-corrected chi connectivity index (χ0v) is 15.4. The second-order valence-electron chi connectivity index (χ2n) is 6.38. The average molecular weight is 386 g/mol. The minimum absolute atomic E-state index is 0.232. The summed E-state index contributed by atoms with van der Waals surface area (Å²) in [6.45, 7) is 2.52. The topological polar surface area (TPSA) is 121 Å². The fourth-order valence-electron chi connectivity index (χ4n) is 2.96. The zero-order valence-electron chi connectivity index (χ0n) is 14.6. The van der Waals surface area contributed by atoms with Crippen LogP contribution in [-0.2, 0) is 14.6 Å². The van der Waals surface area contributed by atoms with E-state index < -0.39 is 15.1 Å². The third kappa shape index (κ3) is 3.31. The van der Waals surface area contributed by atoms with Crippen molar-refractivity contribution in [1.29, 1.82) is 0 Å². The van der Waals surface area contributed by atoms with E-state index in [1.54, 1.807) is 37.3 Å². The van der Waals surface area contributed by atoms with Crippen LogP contribution in [0.1, 0.15) is 12.1 Å². The minimum atomic E-state index is -3.40. The normalized spacial score (nSPS) is 17.3. The number of nitrogens with two attached hydrogens (primary N) is 1. The number of nitrogen functional groups attached to an aromatic ring is 1. The molecule has 8 nitrogen and oxygen atoms in total. The van der Waals surface area contributed by atoms with E-state index in [1.807, 2.05) is 0 Å². The largest absolute Gasteiger partial charge is 0.382 e. The highest BCUT2D eigenvalue weighted by molar-refractivity contribution is 7.92. The summed E-state index contributed by atoms with van der Waals surface area (Å²) in [4.78, 5) is 8.95.